The monoisotopic (exact) mass is 809 g/mol. The van der Waals surface area contributed by atoms with Gasteiger partial charge in [-0.3, -0.25) is 0 Å². The first-order valence-electron chi connectivity index (χ1n) is 22.7. The van der Waals surface area contributed by atoms with Gasteiger partial charge in [0.05, 0.1) is 0 Å². The Kier molecular flexibility index (Phi) is 21.4. The summed E-state index contributed by atoms with van der Waals surface area (Å²) < 4.78 is 4.21. The van der Waals surface area contributed by atoms with Gasteiger partial charge >= 0.3 is 97.0 Å². The van der Waals surface area contributed by atoms with Gasteiger partial charge < -0.3 is 5.53 Å². The van der Waals surface area contributed by atoms with Crippen molar-refractivity contribution in [1.82, 2.24) is 0 Å². The molecule has 1 heterocycles. The molecule has 0 aromatic heterocycles. The van der Waals surface area contributed by atoms with E-state index in [0.29, 0.717) is 0 Å². The van der Waals surface area contributed by atoms with Crippen LogP contribution in [0.4, 0.5) is 0 Å². The normalized spacial score (nSPS) is 12.8. The van der Waals surface area contributed by atoms with Crippen molar-refractivity contribution in [2.24, 2.45) is 0 Å². The predicted molar refractivity (Wildman–Crippen MR) is 245 cm³/mol. The van der Waals surface area contributed by atoms with Gasteiger partial charge in [-0.1, -0.05) is 129 Å². The number of allylic oxidation sites excluding steroid dienone is 2. The van der Waals surface area contributed by atoms with Crippen LogP contribution < -0.4 is 9.07 Å². The Bertz CT molecular complexity index is 1700. The van der Waals surface area contributed by atoms with Crippen molar-refractivity contribution in [3.63, 3.8) is 0 Å². The summed E-state index contributed by atoms with van der Waals surface area (Å²) in [6, 6.07) is 35.4. The number of hydrogen-bond acceptors (Lipinski definition) is 0. The van der Waals surface area contributed by atoms with Gasteiger partial charge in [0.15, 0.2) is 0 Å². The summed E-state index contributed by atoms with van der Waals surface area (Å²) in [5.41, 5.74) is 24.5. The molecule has 0 saturated carbocycles. The summed E-state index contributed by atoms with van der Waals surface area (Å²) in [5, 5.41) is 0. The maximum atomic E-state index is 12.0. The fourth-order valence-corrected chi connectivity index (χ4v) is 8.70. The van der Waals surface area contributed by atoms with E-state index in [2.05, 4.69) is 139 Å². The Hall–Kier alpha value is -3.55. The van der Waals surface area contributed by atoms with Crippen LogP contribution in [-0.2, 0) is 27.3 Å². The fourth-order valence-electron chi connectivity index (χ4n) is 7.72. The predicted octanol–water partition coefficient (Wildman–Crippen LogP) is 15.4. The zero-order valence-corrected chi connectivity index (χ0v) is 37.6. The Labute approximate surface area is 355 Å². The molecule has 57 heavy (non-hydrogen) atoms. The van der Waals surface area contributed by atoms with Crippen LogP contribution in [0.5, 0.6) is 0 Å². The first kappa shape index (κ1) is 46.1. The molecule has 0 N–H and O–H groups in total. The molecular formula is C54H74N2Ni. The van der Waals surface area contributed by atoms with Crippen molar-refractivity contribution in [2.45, 2.75) is 170 Å². The van der Waals surface area contributed by atoms with Gasteiger partial charge in [0.1, 0.15) is 0 Å². The van der Waals surface area contributed by atoms with Crippen LogP contribution in [0.15, 0.2) is 108 Å². The minimum atomic E-state index is 1.02. The summed E-state index contributed by atoms with van der Waals surface area (Å²) in [5.74, 6) is 0. The van der Waals surface area contributed by atoms with Crippen LogP contribution in [0.1, 0.15) is 177 Å². The summed E-state index contributed by atoms with van der Waals surface area (Å²) in [6.07, 6.45) is 24.7. The first-order chi connectivity index (χ1) is 27.9. The van der Waals surface area contributed by atoms with E-state index < -0.39 is 0 Å². The molecule has 5 rings (SSSR count). The van der Waals surface area contributed by atoms with Gasteiger partial charge in [-0.15, -0.1) is 0 Å². The van der Waals surface area contributed by atoms with E-state index in [1.807, 2.05) is 0 Å². The van der Waals surface area contributed by atoms with Crippen molar-refractivity contribution in [2.75, 3.05) is 0 Å². The number of unbranched alkanes of at least 4 members (excludes halogenated alkanes) is 12. The standard InChI is InChI=1S/C40H60N2.2C7H7.Ni/c1-5-9-13-15-17-19-23-33-25-21-27-35(31-33)39-37(29-11-7-3)38(30-12-8-4)40(42(39)41)36-28-22-26-34(32-36)24-20-18-16-14-10-6-2;2*1-7-5-3-2-4-6-7;/h21-22,25-28,31-32H,5-20,23-24,29-30H2,1-4H3;2*3-6H,1H3;. The van der Waals surface area contributed by atoms with Gasteiger partial charge in [0, 0.05) is 22.3 Å². The average Bonchev–Trinajstić information content (AvgIpc) is 3.51. The Morgan fingerprint density at radius 2 is 0.789 bits per heavy atom. The van der Waals surface area contributed by atoms with Crippen LogP contribution in [0.25, 0.3) is 16.9 Å². The third-order valence-electron chi connectivity index (χ3n) is 11.1. The maximum absolute atomic E-state index is 12.0. The van der Waals surface area contributed by atoms with Gasteiger partial charge in [-0.05, 0) is 86.8 Å². The van der Waals surface area contributed by atoms with E-state index in [1.165, 1.54) is 131 Å². The quantitative estimate of drug-likeness (QED) is 0.0383. The Morgan fingerprint density at radius 3 is 1.18 bits per heavy atom. The van der Waals surface area contributed by atoms with Crippen LogP contribution in [-0.4, -0.2) is 4.70 Å². The zero-order valence-electron chi connectivity index (χ0n) is 36.6. The van der Waals surface area contributed by atoms with Gasteiger partial charge in [-0.2, -0.15) is 0 Å². The van der Waals surface area contributed by atoms with Gasteiger partial charge in [0.2, 0.25) is 11.4 Å². The van der Waals surface area contributed by atoms with E-state index in [0.717, 1.165) is 62.8 Å². The van der Waals surface area contributed by atoms with Crippen molar-refractivity contribution in [3.05, 3.63) is 147 Å². The van der Waals surface area contributed by atoms with Crippen molar-refractivity contribution >= 4 is 20.5 Å². The molecule has 0 unspecified atom stereocenters. The topological polar surface area (TPSA) is 25.3 Å². The fraction of sp³-hybridized carbons (Fsp3) is 0.481. The van der Waals surface area contributed by atoms with E-state index in [-0.39, 0.29) is 0 Å². The number of nitrogens with zero attached hydrogens (tertiary/aromatic N) is 2. The van der Waals surface area contributed by atoms with E-state index in [1.54, 1.807) is 19.1 Å². The summed E-state index contributed by atoms with van der Waals surface area (Å²) >= 11 is 1.61. The summed E-state index contributed by atoms with van der Waals surface area (Å²) in [7, 11) is 0. The number of rotatable bonds is 24. The van der Waals surface area contributed by atoms with Gasteiger partial charge in [-0.25, -0.2) is 4.70 Å². The van der Waals surface area contributed by atoms with Crippen molar-refractivity contribution < 1.29 is 19.1 Å². The molecule has 3 heteroatoms. The average molecular weight is 810 g/mol. The molecule has 1 aliphatic rings. The van der Waals surface area contributed by atoms with Crippen LogP contribution >= 0.6 is 0 Å². The second-order valence-corrected chi connectivity index (χ2v) is 17.6. The second-order valence-electron chi connectivity index (χ2n) is 16.2. The summed E-state index contributed by atoms with van der Waals surface area (Å²) in [6.45, 7) is 13.3. The van der Waals surface area contributed by atoms with Crippen molar-refractivity contribution in [3.8, 4) is 0 Å². The van der Waals surface area contributed by atoms with Gasteiger partial charge in [0.25, 0.3) is 0 Å². The summed E-state index contributed by atoms with van der Waals surface area (Å²) in [4.78, 5) is 0. The SMILES string of the molecule is CCCCCCCCc1cccc(C2=C(CCCC)C(CCCC)=C(c3cccc(CCCCCCCC)c3)[N+]2=[N-])c1.Cc1cc[c]([Ni][c]2ccc(C)cc2)cc1. The molecule has 0 bridgehead atoms. The Morgan fingerprint density at radius 1 is 0.421 bits per heavy atom. The molecule has 0 aliphatic carbocycles. The molecule has 4 aromatic rings. The molecular weight excluding hydrogens is 735 g/mol. The molecule has 0 atom stereocenters. The molecule has 0 spiro atoms. The molecule has 0 amide bonds. The molecule has 0 fully saturated rings. The minimum absolute atomic E-state index is 1.02. The van der Waals surface area contributed by atoms with E-state index in [9.17, 15) is 5.53 Å². The zero-order chi connectivity index (χ0) is 40.7. The van der Waals surface area contributed by atoms with Crippen LogP contribution in [0.3, 0.4) is 0 Å². The molecule has 2 nitrogen and oxygen atoms in total. The first-order valence-corrected chi connectivity index (χ1v) is 23.7. The van der Waals surface area contributed by atoms with Crippen LogP contribution in [0.2, 0.25) is 0 Å². The number of hydrogen-bond donors (Lipinski definition) is 0. The molecule has 0 saturated heterocycles. The van der Waals surface area contributed by atoms with Crippen molar-refractivity contribution in [1.29, 1.82) is 0 Å². The molecule has 4 aromatic carbocycles. The molecule has 310 valence electrons. The third-order valence-corrected chi connectivity index (χ3v) is 12.4. The van der Waals surface area contributed by atoms with E-state index in [4.69, 9.17) is 0 Å². The second kappa shape index (κ2) is 26.5. The van der Waals surface area contributed by atoms with E-state index >= 15 is 0 Å². The number of aryl methyl sites for hydroxylation is 4. The third kappa shape index (κ3) is 15.6. The molecule has 0 radical (unpaired) electrons. The number of benzene rings is 4. The Balaban J connectivity index is 0.000000398. The van der Waals surface area contributed by atoms with Crippen LogP contribution in [0, 0.1) is 13.8 Å². The molecule has 1 aliphatic heterocycles.